The average molecular weight is 279 g/mol. The molecule has 0 heterocycles. The number of rotatable bonds is 5. The fourth-order valence-electron chi connectivity index (χ4n) is 0.888. The second-order valence-corrected chi connectivity index (χ2v) is 10.7. The number of hydrogen-bond donors (Lipinski definition) is 0. The van der Waals surface area contributed by atoms with Crippen molar-refractivity contribution in [3.8, 4) is 0 Å². The summed E-state index contributed by atoms with van der Waals surface area (Å²) in [4.78, 5) is 0. The fourth-order valence-corrected chi connectivity index (χ4v) is 2.66. The molecule has 0 fully saturated rings. The molecule has 0 amide bonds. The highest BCUT2D eigenvalue weighted by Crippen LogP contribution is 2.37. The zero-order valence-corrected chi connectivity index (χ0v) is 12.6. The molecule has 1 nitrogen and oxygen atoms in total. The zero-order chi connectivity index (χ0) is 11.4. The average Bonchev–Trinajstić information content (AvgIpc) is 2.01. The number of halogens is 1. The highest BCUT2D eigenvalue weighted by atomic mass is 79.9. The largest absolute Gasteiger partial charge is 0.411 e. The minimum absolute atomic E-state index is 0.204. The Morgan fingerprint density at radius 2 is 1.93 bits per heavy atom. The van der Waals surface area contributed by atoms with Crippen LogP contribution in [-0.2, 0) is 4.43 Å². The van der Waals surface area contributed by atoms with E-state index in [1.54, 1.807) is 0 Å². The predicted molar refractivity (Wildman–Crippen MR) is 70.7 cm³/mol. The third-order valence-electron chi connectivity index (χ3n) is 2.91. The Labute approximate surface area is 98.2 Å². The van der Waals surface area contributed by atoms with Gasteiger partial charge in [0, 0.05) is 5.33 Å². The first-order valence-electron chi connectivity index (χ1n) is 5.11. The molecule has 14 heavy (non-hydrogen) atoms. The third kappa shape index (κ3) is 4.28. The van der Waals surface area contributed by atoms with Crippen LogP contribution in [0.25, 0.3) is 0 Å². The van der Waals surface area contributed by atoms with Crippen LogP contribution < -0.4 is 0 Å². The standard InChI is InChI=1S/C11H23BrOSi/c1-7-10(8-9-12)13-14(5,6)11(2,3)4/h7,10H,1,8-9H2,2-6H3. The van der Waals surface area contributed by atoms with E-state index in [9.17, 15) is 0 Å². The van der Waals surface area contributed by atoms with Gasteiger partial charge in [0.15, 0.2) is 8.32 Å². The van der Waals surface area contributed by atoms with Crippen LogP contribution in [0.4, 0.5) is 0 Å². The third-order valence-corrected chi connectivity index (χ3v) is 7.87. The van der Waals surface area contributed by atoms with Gasteiger partial charge in [-0.05, 0) is 24.6 Å². The molecule has 0 aliphatic rings. The lowest BCUT2D eigenvalue weighted by molar-refractivity contribution is 0.223. The highest BCUT2D eigenvalue weighted by molar-refractivity contribution is 9.09. The van der Waals surface area contributed by atoms with Crippen LogP contribution in [0.5, 0.6) is 0 Å². The van der Waals surface area contributed by atoms with Crippen molar-refractivity contribution in [3.63, 3.8) is 0 Å². The van der Waals surface area contributed by atoms with Crippen molar-refractivity contribution in [2.45, 2.75) is 51.4 Å². The highest BCUT2D eigenvalue weighted by Gasteiger charge is 2.38. The lowest BCUT2D eigenvalue weighted by Gasteiger charge is -2.38. The van der Waals surface area contributed by atoms with Gasteiger partial charge in [-0.15, -0.1) is 6.58 Å². The molecular formula is C11H23BrOSi. The van der Waals surface area contributed by atoms with E-state index in [1.807, 2.05) is 6.08 Å². The van der Waals surface area contributed by atoms with Crippen LogP contribution in [0.2, 0.25) is 18.1 Å². The lowest BCUT2D eigenvalue weighted by Crippen LogP contribution is -2.43. The summed E-state index contributed by atoms with van der Waals surface area (Å²) in [5.74, 6) is 0. The minimum Gasteiger partial charge on any atom is -0.411 e. The van der Waals surface area contributed by atoms with Crippen molar-refractivity contribution >= 4 is 24.2 Å². The van der Waals surface area contributed by atoms with Gasteiger partial charge in [-0.1, -0.05) is 42.8 Å². The van der Waals surface area contributed by atoms with Crippen molar-refractivity contribution in [3.05, 3.63) is 12.7 Å². The van der Waals surface area contributed by atoms with Gasteiger partial charge in [-0.25, -0.2) is 0 Å². The van der Waals surface area contributed by atoms with E-state index in [2.05, 4.69) is 56.4 Å². The van der Waals surface area contributed by atoms with Gasteiger partial charge in [0.2, 0.25) is 0 Å². The van der Waals surface area contributed by atoms with E-state index in [4.69, 9.17) is 4.43 Å². The topological polar surface area (TPSA) is 9.23 Å². The molecule has 1 atom stereocenters. The van der Waals surface area contributed by atoms with Crippen LogP contribution >= 0.6 is 15.9 Å². The first-order valence-corrected chi connectivity index (χ1v) is 9.14. The molecule has 0 radical (unpaired) electrons. The predicted octanol–water partition coefficient (Wildman–Crippen LogP) is 4.35. The Hall–Kier alpha value is 0.397. The van der Waals surface area contributed by atoms with Crippen LogP contribution in [0.3, 0.4) is 0 Å². The van der Waals surface area contributed by atoms with E-state index in [0.717, 1.165) is 11.8 Å². The Morgan fingerprint density at radius 1 is 1.43 bits per heavy atom. The van der Waals surface area contributed by atoms with Gasteiger partial charge < -0.3 is 4.43 Å². The molecule has 0 aromatic carbocycles. The molecule has 0 aliphatic carbocycles. The van der Waals surface area contributed by atoms with E-state index in [-0.39, 0.29) is 11.1 Å². The Kier molecular flexibility index (Phi) is 5.63. The Bertz CT molecular complexity index is 184. The number of hydrogen-bond acceptors (Lipinski definition) is 1. The van der Waals surface area contributed by atoms with Crippen molar-refractivity contribution in [2.75, 3.05) is 5.33 Å². The molecule has 0 rings (SSSR count). The quantitative estimate of drug-likeness (QED) is 0.413. The first kappa shape index (κ1) is 14.4. The molecule has 0 spiro atoms. The van der Waals surface area contributed by atoms with Gasteiger partial charge >= 0.3 is 0 Å². The van der Waals surface area contributed by atoms with Crippen molar-refractivity contribution in [1.82, 2.24) is 0 Å². The lowest BCUT2D eigenvalue weighted by atomic mass is 10.2. The molecule has 0 saturated carbocycles. The van der Waals surface area contributed by atoms with E-state index >= 15 is 0 Å². The van der Waals surface area contributed by atoms with Crippen molar-refractivity contribution < 1.29 is 4.43 Å². The summed E-state index contributed by atoms with van der Waals surface area (Å²) in [6, 6.07) is 0. The molecule has 0 aromatic rings. The summed E-state index contributed by atoms with van der Waals surface area (Å²) in [5, 5.41) is 1.25. The Morgan fingerprint density at radius 3 is 2.21 bits per heavy atom. The Balaban J connectivity index is 4.39. The van der Waals surface area contributed by atoms with E-state index in [0.29, 0.717) is 0 Å². The van der Waals surface area contributed by atoms with E-state index < -0.39 is 8.32 Å². The van der Waals surface area contributed by atoms with Crippen LogP contribution in [-0.4, -0.2) is 19.8 Å². The molecule has 0 aromatic heterocycles. The first-order chi connectivity index (χ1) is 6.24. The molecular weight excluding hydrogens is 256 g/mol. The van der Waals surface area contributed by atoms with E-state index in [1.165, 1.54) is 0 Å². The van der Waals surface area contributed by atoms with Gasteiger partial charge in [-0.3, -0.25) is 0 Å². The summed E-state index contributed by atoms with van der Waals surface area (Å²) in [6.07, 6.45) is 3.13. The maximum atomic E-state index is 6.18. The molecule has 0 saturated heterocycles. The maximum absolute atomic E-state index is 6.18. The molecule has 84 valence electrons. The molecule has 0 N–H and O–H groups in total. The summed E-state index contributed by atoms with van der Waals surface area (Å²) in [7, 11) is -1.62. The summed E-state index contributed by atoms with van der Waals surface area (Å²) in [6.45, 7) is 15.1. The van der Waals surface area contributed by atoms with Gasteiger partial charge in [0.05, 0.1) is 6.10 Å². The minimum atomic E-state index is -1.62. The van der Waals surface area contributed by atoms with Crippen molar-refractivity contribution in [1.29, 1.82) is 0 Å². The zero-order valence-electron chi connectivity index (χ0n) is 10.1. The number of alkyl halides is 1. The molecule has 1 unspecified atom stereocenters. The molecule has 0 bridgehead atoms. The van der Waals surface area contributed by atoms with Gasteiger partial charge in [0.25, 0.3) is 0 Å². The summed E-state index contributed by atoms with van der Waals surface area (Å²) in [5.41, 5.74) is 0. The van der Waals surface area contributed by atoms with Crippen LogP contribution in [0.15, 0.2) is 12.7 Å². The second kappa shape index (κ2) is 5.47. The SMILES string of the molecule is C=CC(CCBr)O[Si](C)(C)C(C)(C)C. The van der Waals surface area contributed by atoms with Gasteiger partial charge in [0.1, 0.15) is 0 Å². The second-order valence-electron chi connectivity index (χ2n) is 5.13. The fraction of sp³-hybridized carbons (Fsp3) is 0.818. The normalized spacial score (nSPS) is 15.3. The maximum Gasteiger partial charge on any atom is 0.192 e. The summed E-state index contributed by atoms with van der Waals surface area (Å²) >= 11 is 3.44. The van der Waals surface area contributed by atoms with Gasteiger partial charge in [-0.2, -0.15) is 0 Å². The van der Waals surface area contributed by atoms with Crippen LogP contribution in [0, 0.1) is 0 Å². The smallest absolute Gasteiger partial charge is 0.192 e. The van der Waals surface area contributed by atoms with Crippen LogP contribution in [0.1, 0.15) is 27.2 Å². The summed E-state index contributed by atoms with van der Waals surface area (Å²) < 4.78 is 6.18. The molecule has 3 heteroatoms. The molecule has 0 aliphatic heterocycles. The van der Waals surface area contributed by atoms with Crippen molar-refractivity contribution in [2.24, 2.45) is 0 Å². The monoisotopic (exact) mass is 278 g/mol.